The van der Waals surface area contributed by atoms with Crippen molar-refractivity contribution in [3.8, 4) is 16.9 Å². The lowest BCUT2D eigenvalue weighted by Gasteiger charge is -2.21. The number of imidazole rings is 1. The summed E-state index contributed by atoms with van der Waals surface area (Å²) in [7, 11) is 1.54. The first kappa shape index (κ1) is 23.3. The summed E-state index contributed by atoms with van der Waals surface area (Å²) < 4.78 is 20.3. The van der Waals surface area contributed by atoms with Crippen LogP contribution in [0.3, 0.4) is 0 Å². The molecule has 2 amide bonds. The molecule has 0 aliphatic heterocycles. The molecule has 0 saturated heterocycles. The molecule has 7 nitrogen and oxygen atoms in total. The van der Waals surface area contributed by atoms with Gasteiger partial charge in [-0.15, -0.1) is 11.3 Å². The SMILES string of the molecule is COCCN(CC(=O)Nc1nc(-c2ccccc2)cn1-c1ccc(F)cc1)C(=O)c1cccs1. The Morgan fingerprint density at radius 2 is 1.85 bits per heavy atom. The summed E-state index contributed by atoms with van der Waals surface area (Å²) in [6.07, 6.45) is 1.78. The number of carbonyl (C=O) groups excluding carboxylic acids is 2. The summed E-state index contributed by atoms with van der Waals surface area (Å²) in [5.41, 5.74) is 2.15. The zero-order valence-electron chi connectivity index (χ0n) is 18.5. The third-order valence-electron chi connectivity index (χ3n) is 5.05. The number of benzene rings is 2. The molecule has 0 unspecified atom stereocenters. The van der Waals surface area contributed by atoms with E-state index in [2.05, 4.69) is 10.3 Å². The van der Waals surface area contributed by atoms with Crippen LogP contribution in [0.1, 0.15) is 9.67 Å². The highest BCUT2D eigenvalue weighted by Crippen LogP contribution is 2.24. The number of hydrogen-bond donors (Lipinski definition) is 1. The minimum Gasteiger partial charge on any atom is -0.383 e. The highest BCUT2D eigenvalue weighted by molar-refractivity contribution is 7.12. The van der Waals surface area contributed by atoms with Crippen LogP contribution < -0.4 is 5.32 Å². The molecule has 0 fully saturated rings. The molecule has 0 saturated carbocycles. The van der Waals surface area contributed by atoms with Gasteiger partial charge in [0.25, 0.3) is 5.91 Å². The predicted molar refractivity (Wildman–Crippen MR) is 130 cm³/mol. The van der Waals surface area contributed by atoms with Gasteiger partial charge in [-0.05, 0) is 35.7 Å². The summed E-state index contributed by atoms with van der Waals surface area (Å²) in [6.45, 7) is 0.395. The number of rotatable bonds is 9. The van der Waals surface area contributed by atoms with Crippen molar-refractivity contribution in [2.45, 2.75) is 0 Å². The molecule has 4 rings (SSSR count). The first-order valence-electron chi connectivity index (χ1n) is 10.6. The maximum atomic E-state index is 13.5. The molecule has 2 heterocycles. The molecule has 2 aromatic carbocycles. The Labute approximate surface area is 200 Å². The zero-order valence-corrected chi connectivity index (χ0v) is 19.3. The maximum Gasteiger partial charge on any atom is 0.264 e. The number of aromatic nitrogens is 2. The van der Waals surface area contributed by atoms with E-state index in [-0.39, 0.29) is 30.8 Å². The Morgan fingerprint density at radius 3 is 2.53 bits per heavy atom. The predicted octanol–water partition coefficient (Wildman–Crippen LogP) is 4.47. The van der Waals surface area contributed by atoms with Gasteiger partial charge in [0.1, 0.15) is 12.4 Å². The Morgan fingerprint density at radius 1 is 1.09 bits per heavy atom. The van der Waals surface area contributed by atoms with Crippen molar-refractivity contribution in [3.63, 3.8) is 0 Å². The molecule has 0 radical (unpaired) electrons. The number of carbonyl (C=O) groups is 2. The normalized spacial score (nSPS) is 10.8. The number of nitrogens with one attached hydrogen (secondary N) is 1. The van der Waals surface area contributed by atoms with Crippen LogP contribution in [-0.2, 0) is 9.53 Å². The topological polar surface area (TPSA) is 76.5 Å². The molecule has 0 aliphatic carbocycles. The number of methoxy groups -OCH3 is 1. The fraction of sp³-hybridized carbons (Fsp3) is 0.160. The molecule has 2 aromatic heterocycles. The maximum absolute atomic E-state index is 13.5. The number of anilines is 1. The lowest BCUT2D eigenvalue weighted by atomic mass is 10.2. The first-order chi connectivity index (χ1) is 16.5. The van der Waals surface area contributed by atoms with Crippen molar-refractivity contribution < 1.29 is 18.7 Å². The average Bonchev–Trinajstić information content (AvgIpc) is 3.53. The van der Waals surface area contributed by atoms with E-state index in [4.69, 9.17) is 4.74 Å². The number of hydrogen-bond acceptors (Lipinski definition) is 5. The van der Waals surface area contributed by atoms with Crippen molar-refractivity contribution in [3.05, 3.63) is 89.0 Å². The van der Waals surface area contributed by atoms with Gasteiger partial charge in [0.2, 0.25) is 11.9 Å². The second-order valence-corrected chi connectivity index (χ2v) is 8.35. The van der Waals surface area contributed by atoms with E-state index in [1.807, 2.05) is 35.7 Å². The fourth-order valence-corrected chi connectivity index (χ4v) is 4.05. The summed E-state index contributed by atoms with van der Waals surface area (Å²) >= 11 is 1.31. The van der Waals surface area contributed by atoms with Gasteiger partial charge >= 0.3 is 0 Å². The van der Waals surface area contributed by atoms with Gasteiger partial charge in [0, 0.05) is 31.1 Å². The van der Waals surface area contributed by atoms with Crippen LogP contribution in [0.15, 0.2) is 78.3 Å². The largest absolute Gasteiger partial charge is 0.383 e. The van der Waals surface area contributed by atoms with Gasteiger partial charge < -0.3 is 9.64 Å². The summed E-state index contributed by atoms with van der Waals surface area (Å²) in [4.78, 5) is 32.4. The molecule has 0 atom stereocenters. The monoisotopic (exact) mass is 478 g/mol. The Bertz CT molecular complexity index is 1240. The van der Waals surface area contributed by atoms with E-state index in [0.29, 0.717) is 22.9 Å². The molecule has 0 aliphatic rings. The van der Waals surface area contributed by atoms with Gasteiger partial charge in [0.15, 0.2) is 0 Å². The molecule has 0 spiro atoms. The molecule has 174 valence electrons. The van der Waals surface area contributed by atoms with Crippen LogP contribution in [-0.4, -0.2) is 53.1 Å². The number of ether oxygens (including phenoxy) is 1. The second kappa shape index (κ2) is 10.9. The van der Waals surface area contributed by atoms with Gasteiger partial charge in [0.05, 0.1) is 17.2 Å². The Balaban J connectivity index is 1.59. The van der Waals surface area contributed by atoms with Crippen molar-refractivity contribution in [2.24, 2.45) is 0 Å². The van der Waals surface area contributed by atoms with Crippen LogP contribution in [0.25, 0.3) is 16.9 Å². The van der Waals surface area contributed by atoms with Crippen LogP contribution in [0, 0.1) is 5.82 Å². The minimum absolute atomic E-state index is 0.170. The van der Waals surface area contributed by atoms with E-state index in [9.17, 15) is 14.0 Å². The number of nitrogens with zero attached hydrogens (tertiary/aromatic N) is 3. The van der Waals surface area contributed by atoms with Gasteiger partial charge in [-0.3, -0.25) is 19.5 Å². The van der Waals surface area contributed by atoms with E-state index >= 15 is 0 Å². The van der Waals surface area contributed by atoms with E-state index < -0.39 is 5.91 Å². The molecule has 0 bridgehead atoms. The fourth-order valence-electron chi connectivity index (χ4n) is 3.36. The summed E-state index contributed by atoms with van der Waals surface area (Å²) in [5, 5.41) is 4.62. The standard InChI is InChI=1S/C25H23FN4O3S/c1-33-14-13-29(24(32)22-8-5-15-34-22)17-23(31)28-25-27-21(18-6-3-2-4-7-18)16-30(25)20-11-9-19(26)10-12-20/h2-12,15-16H,13-14,17H2,1H3,(H,27,28,31). The lowest BCUT2D eigenvalue weighted by molar-refractivity contribution is -0.117. The van der Waals surface area contributed by atoms with Crippen molar-refractivity contribution in [1.82, 2.24) is 14.5 Å². The number of halogens is 1. The third-order valence-corrected chi connectivity index (χ3v) is 5.91. The quantitative estimate of drug-likeness (QED) is 0.385. The molecular formula is C25H23FN4O3S. The number of amides is 2. The Hall–Kier alpha value is -3.82. The first-order valence-corrected chi connectivity index (χ1v) is 11.5. The van der Waals surface area contributed by atoms with Crippen LogP contribution in [0.2, 0.25) is 0 Å². The van der Waals surface area contributed by atoms with E-state index in [1.54, 1.807) is 42.1 Å². The van der Waals surface area contributed by atoms with Gasteiger partial charge in [-0.2, -0.15) is 0 Å². The molecule has 34 heavy (non-hydrogen) atoms. The Kier molecular flexibility index (Phi) is 7.46. The summed E-state index contributed by atoms with van der Waals surface area (Å²) in [5.74, 6) is -0.743. The third kappa shape index (κ3) is 5.56. The molecular weight excluding hydrogens is 455 g/mol. The minimum atomic E-state index is -0.408. The highest BCUT2D eigenvalue weighted by Gasteiger charge is 2.21. The van der Waals surface area contributed by atoms with E-state index in [0.717, 1.165) is 5.56 Å². The molecule has 1 N–H and O–H groups in total. The van der Waals surface area contributed by atoms with E-state index in [1.165, 1.54) is 28.4 Å². The van der Waals surface area contributed by atoms with Gasteiger partial charge in [-0.1, -0.05) is 36.4 Å². The van der Waals surface area contributed by atoms with Crippen LogP contribution >= 0.6 is 11.3 Å². The van der Waals surface area contributed by atoms with Crippen molar-refractivity contribution in [2.75, 3.05) is 32.1 Å². The van der Waals surface area contributed by atoms with Crippen LogP contribution in [0.5, 0.6) is 0 Å². The van der Waals surface area contributed by atoms with Crippen molar-refractivity contribution in [1.29, 1.82) is 0 Å². The summed E-state index contributed by atoms with van der Waals surface area (Å²) in [6, 6.07) is 18.9. The molecule has 4 aromatic rings. The van der Waals surface area contributed by atoms with Crippen molar-refractivity contribution >= 4 is 29.1 Å². The van der Waals surface area contributed by atoms with Crippen LogP contribution in [0.4, 0.5) is 10.3 Å². The highest BCUT2D eigenvalue weighted by atomic mass is 32.1. The average molecular weight is 479 g/mol. The zero-order chi connectivity index (χ0) is 23.9. The number of thiophene rings is 1. The lowest BCUT2D eigenvalue weighted by Crippen LogP contribution is -2.40. The second-order valence-electron chi connectivity index (χ2n) is 7.41. The smallest absolute Gasteiger partial charge is 0.264 e. The van der Waals surface area contributed by atoms with Gasteiger partial charge in [-0.25, -0.2) is 9.37 Å². The molecule has 9 heteroatoms.